The number of benzene rings is 1. The summed E-state index contributed by atoms with van der Waals surface area (Å²) in [7, 11) is 4.01. The molecule has 5 heteroatoms. The van der Waals surface area contributed by atoms with E-state index >= 15 is 0 Å². The van der Waals surface area contributed by atoms with Gasteiger partial charge in [-0.15, -0.1) is 0 Å². The Morgan fingerprint density at radius 2 is 1.95 bits per heavy atom. The van der Waals surface area contributed by atoms with Crippen molar-refractivity contribution in [1.82, 2.24) is 5.32 Å². The summed E-state index contributed by atoms with van der Waals surface area (Å²) in [5, 5.41) is 2.71. The molecule has 118 valence electrons. The van der Waals surface area contributed by atoms with Crippen LogP contribution in [0.1, 0.15) is 26.3 Å². The number of carbonyl (C=O) groups excluding carboxylic acids is 1. The molecule has 1 rings (SSSR count). The molecule has 0 aliphatic carbocycles. The van der Waals surface area contributed by atoms with E-state index in [2.05, 4.69) is 22.3 Å². The van der Waals surface area contributed by atoms with Crippen LogP contribution in [0, 0.1) is 0 Å². The maximum absolute atomic E-state index is 11.6. The minimum Gasteiger partial charge on any atom is -0.444 e. The monoisotopic (exact) mass is 293 g/mol. The predicted molar refractivity (Wildman–Crippen MR) is 86.7 cm³/mol. The second-order valence-corrected chi connectivity index (χ2v) is 6.37. The van der Waals surface area contributed by atoms with Crippen molar-refractivity contribution < 1.29 is 9.53 Å². The second kappa shape index (κ2) is 7.31. The van der Waals surface area contributed by atoms with E-state index in [-0.39, 0.29) is 6.04 Å². The summed E-state index contributed by atoms with van der Waals surface area (Å²) >= 11 is 0. The Morgan fingerprint density at radius 3 is 2.52 bits per heavy atom. The molecule has 0 aliphatic heterocycles. The van der Waals surface area contributed by atoms with Crippen LogP contribution in [0.5, 0.6) is 0 Å². The Morgan fingerprint density at radius 1 is 1.33 bits per heavy atom. The fourth-order valence-corrected chi connectivity index (χ4v) is 2.00. The van der Waals surface area contributed by atoms with E-state index < -0.39 is 11.7 Å². The minimum atomic E-state index is -0.494. The van der Waals surface area contributed by atoms with Gasteiger partial charge in [-0.2, -0.15) is 0 Å². The lowest BCUT2D eigenvalue weighted by Gasteiger charge is -2.22. The Hall–Kier alpha value is -1.75. The van der Waals surface area contributed by atoms with Gasteiger partial charge in [0.25, 0.3) is 0 Å². The van der Waals surface area contributed by atoms with Crippen LogP contribution in [-0.4, -0.2) is 38.4 Å². The Kier molecular flexibility index (Phi) is 6.03. The summed E-state index contributed by atoms with van der Waals surface area (Å²) in [5.41, 5.74) is 7.91. The average molecular weight is 293 g/mol. The number of rotatable bonds is 5. The molecule has 0 saturated carbocycles. The maximum atomic E-state index is 11.6. The molecule has 1 atom stereocenters. The largest absolute Gasteiger partial charge is 0.444 e. The Bertz CT molecular complexity index is 467. The molecule has 0 aromatic heterocycles. The van der Waals surface area contributed by atoms with Gasteiger partial charge in [0.05, 0.1) is 0 Å². The van der Waals surface area contributed by atoms with E-state index in [4.69, 9.17) is 10.5 Å². The van der Waals surface area contributed by atoms with Crippen LogP contribution in [-0.2, 0) is 11.2 Å². The van der Waals surface area contributed by atoms with Gasteiger partial charge in [0.2, 0.25) is 0 Å². The van der Waals surface area contributed by atoms with Crippen molar-refractivity contribution in [2.45, 2.75) is 38.8 Å². The molecule has 0 spiro atoms. The number of ether oxygens (including phenoxy) is 1. The number of amides is 1. The highest BCUT2D eigenvalue weighted by Crippen LogP contribution is 2.19. The summed E-state index contributed by atoms with van der Waals surface area (Å²) in [5.74, 6) is 0. The first-order valence-corrected chi connectivity index (χ1v) is 7.16. The van der Waals surface area contributed by atoms with E-state index in [1.807, 2.05) is 47.0 Å². The summed E-state index contributed by atoms with van der Waals surface area (Å²) in [4.78, 5) is 13.7. The summed E-state index contributed by atoms with van der Waals surface area (Å²) in [6.45, 7) is 5.89. The van der Waals surface area contributed by atoms with Gasteiger partial charge in [-0.3, -0.25) is 0 Å². The maximum Gasteiger partial charge on any atom is 0.407 e. The number of nitrogens with one attached hydrogen (secondary N) is 1. The molecule has 0 aliphatic rings. The zero-order chi connectivity index (χ0) is 16.0. The van der Waals surface area contributed by atoms with Gasteiger partial charge in [0.1, 0.15) is 5.60 Å². The number of nitrogens with zero attached hydrogens (tertiary/aromatic N) is 1. The van der Waals surface area contributed by atoms with Gasteiger partial charge in [0.15, 0.2) is 0 Å². The van der Waals surface area contributed by atoms with E-state index in [9.17, 15) is 4.79 Å². The van der Waals surface area contributed by atoms with Crippen molar-refractivity contribution in [2.24, 2.45) is 5.73 Å². The molecule has 3 N–H and O–H groups in total. The fraction of sp³-hybridized carbons (Fsp3) is 0.562. The molecule has 0 bridgehead atoms. The molecule has 1 unspecified atom stereocenters. The highest BCUT2D eigenvalue weighted by molar-refractivity contribution is 5.67. The predicted octanol–water partition coefficient (Wildman–Crippen LogP) is 2.15. The van der Waals surface area contributed by atoms with Gasteiger partial charge in [0, 0.05) is 32.4 Å². The third kappa shape index (κ3) is 6.49. The topological polar surface area (TPSA) is 67.6 Å². The normalized spacial score (nSPS) is 12.7. The van der Waals surface area contributed by atoms with Crippen LogP contribution >= 0.6 is 0 Å². The van der Waals surface area contributed by atoms with Crippen LogP contribution < -0.4 is 16.0 Å². The number of anilines is 1. The highest BCUT2D eigenvalue weighted by atomic mass is 16.6. The van der Waals surface area contributed by atoms with Crippen LogP contribution in [0.2, 0.25) is 0 Å². The van der Waals surface area contributed by atoms with Crippen LogP contribution in [0.3, 0.4) is 0 Å². The minimum absolute atomic E-state index is 0.154. The third-order valence-corrected chi connectivity index (χ3v) is 2.86. The number of nitrogens with two attached hydrogens (primary N) is 1. The average Bonchev–Trinajstić information content (AvgIpc) is 2.35. The lowest BCUT2D eigenvalue weighted by Crippen LogP contribution is -2.41. The zero-order valence-corrected chi connectivity index (χ0v) is 13.6. The molecule has 21 heavy (non-hydrogen) atoms. The highest BCUT2D eigenvalue weighted by Gasteiger charge is 2.17. The summed E-state index contributed by atoms with van der Waals surface area (Å²) in [6.07, 6.45) is 0.267. The number of alkyl carbamates (subject to hydrolysis) is 1. The van der Waals surface area contributed by atoms with Crippen molar-refractivity contribution >= 4 is 11.8 Å². The Balaban J connectivity index is 2.51. The summed E-state index contributed by atoms with van der Waals surface area (Å²) < 4.78 is 5.19. The first-order chi connectivity index (χ1) is 9.69. The van der Waals surface area contributed by atoms with Gasteiger partial charge >= 0.3 is 6.09 Å². The van der Waals surface area contributed by atoms with Crippen molar-refractivity contribution in [2.75, 3.05) is 25.5 Å². The molecule has 0 saturated heterocycles. The van der Waals surface area contributed by atoms with Crippen LogP contribution in [0.25, 0.3) is 0 Å². The lowest BCUT2D eigenvalue weighted by molar-refractivity contribution is 0.0524. The zero-order valence-electron chi connectivity index (χ0n) is 13.6. The number of hydrogen-bond acceptors (Lipinski definition) is 4. The molecule has 0 heterocycles. The first kappa shape index (κ1) is 17.3. The van der Waals surface area contributed by atoms with Crippen LogP contribution in [0.15, 0.2) is 24.3 Å². The quantitative estimate of drug-likeness (QED) is 0.873. The van der Waals surface area contributed by atoms with Gasteiger partial charge in [-0.05, 0) is 38.8 Å². The molecule has 5 nitrogen and oxygen atoms in total. The third-order valence-electron chi connectivity index (χ3n) is 2.86. The summed E-state index contributed by atoms with van der Waals surface area (Å²) in [6, 6.07) is 7.96. The Labute approximate surface area is 127 Å². The SMILES string of the molecule is CN(C)c1ccccc1CC(N)CNC(=O)OC(C)(C)C. The van der Waals surface area contributed by atoms with Gasteiger partial charge in [-0.1, -0.05) is 18.2 Å². The van der Waals surface area contributed by atoms with E-state index in [1.54, 1.807) is 0 Å². The van der Waals surface area contributed by atoms with Crippen molar-refractivity contribution in [3.05, 3.63) is 29.8 Å². The molecule has 1 amide bonds. The molecule has 0 fully saturated rings. The van der Waals surface area contributed by atoms with E-state index in [0.717, 1.165) is 5.69 Å². The molecular weight excluding hydrogens is 266 g/mol. The van der Waals surface area contributed by atoms with Crippen molar-refractivity contribution in [3.8, 4) is 0 Å². The number of hydrogen-bond donors (Lipinski definition) is 2. The lowest BCUT2D eigenvalue weighted by atomic mass is 10.0. The smallest absolute Gasteiger partial charge is 0.407 e. The standard InChI is InChI=1S/C16H27N3O2/c1-16(2,3)21-15(20)18-11-13(17)10-12-8-6-7-9-14(12)19(4)5/h6-9,13H,10-11,17H2,1-5H3,(H,18,20). The molecule has 1 aromatic rings. The van der Waals surface area contributed by atoms with E-state index in [1.165, 1.54) is 5.56 Å². The molecule has 1 aromatic carbocycles. The molecule has 0 radical (unpaired) electrons. The number of para-hydroxylation sites is 1. The second-order valence-electron chi connectivity index (χ2n) is 6.37. The van der Waals surface area contributed by atoms with Gasteiger partial charge < -0.3 is 20.7 Å². The van der Waals surface area contributed by atoms with Crippen LogP contribution in [0.4, 0.5) is 10.5 Å². The fourth-order valence-electron chi connectivity index (χ4n) is 2.00. The van der Waals surface area contributed by atoms with E-state index in [0.29, 0.717) is 13.0 Å². The van der Waals surface area contributed by atoms with Crippen molar-refractivity contribution in [3.63, 3.8) is 0 Å². The van der Waals surface area contributed by atoms with Crippen molar-refractivity contribution in [1.29, 1.82) is 0 Å². The molecular formula is C16H27N3O2. The number of carbonyl (C=O) groups is 1. The first-order valence-electron chi connectivity index (χ1n) is 7.16. The van der Waals surface area contributed by atoms with Gasteiger partial charge in [-0.25, -0.2) is 4.79 Å².